The molecule has 2 aromatic carbocycles. The quantitative estimate of drug-likeness (QED) is 0.392. The van der Waals surface area contributed by atoms with Crippen LogP contribution >= 0.6 is 0 Å². The maximum absolute atomic E-state index is 12.6. The van der Waals surface area contributed by atoms with Crippen LogP contribution in [0.15, 0.2) is 36.4 Å². The topological polar surface area (TPSA) is 150 Å². The van der Waals surface area contributed by atoms with Gasteiger partial charge in [-0.05, 0) is 41.6 Å². The molecule has 1 heterocycles. The van der Waals surface area contributed by atoms with E-state index in [4.69, 9.17) is 4.74 Å². The van der Waals surface area contributed by atoms with E-state index < -0.39 is 17.6 Å². The molecule has 1 aromatic heterocycles. The number of rotatable bonds is 5. The van der Waals surface area contributed by atoms with Crippen LogP contribution in [-0.2, 0) is 4.74 Å². The number of nitrogens with zero attached hydrogens (tertiary/aromatic N) is 3. The van der Waals surface area contributed by atoms with E-state index in [2.05, 4.69) is 25.9 Å². The van der Waals surface area contributed by atoms with Crippen molar-refractivity contribution in [3.63, 3.8) is 0 Å². The summed E-state index contributed by atoms with van der Waals surface area (Å²) in [6.07, 6.45) is 0. The predicted octanol–water partition coefficient (Wildman–Crippen LogP) is 1.71. The maximum atomic E-state index is 12.6. The van der Waals surface area contributed by atoms with Crippen LogP contribution < -0.4 is 5.32 Å². The number of aromatic hydroxyl groups is 2. The van der Waals surface area contributed by atoms with Crippen LogP contribution in [0.4, 0.5) is 5.69 Å². The predicted molar refractivity (Wildman–Crippen MR) is 93.3 cm³/mol. The Morgan fingerprint density at radius 3 is 2.63 bits per heavy atom. The van der Waals surface area contributed by atoms with Crippen LogP contribution in [0.25, 0.3) is 11.4 Å². The minimum absolute atomic E-state index is 0.0774. The number of aromatic nitrogens is 4. The average molecular weight is 369 g/mol. The van der Waals surface area contributed by atoms with Gasteiger partial charge >= 0.3 is 5.97 Å². The van der Waals surface area contributed by atoms with Gasteiger partial charge in [-0.2, -0.15) is 0 Å². The molecule has 0 atom stereocenters. The van der Waals surface area contributed by atoms with E-state index in [9.17, 15) is 19.8 Å². The number of hydrogen-bond donors (Lipinski definition) is 4. The number of phenolic OH excluding ortho intramolecular Hbond substituents is 2. The molecule has 0 aliphatic heterocycles. The SMILES string of the molecule is CCOC(=O)c1cc(O)cc(C(=O)Nc2ccccc2-c2nnn[nH]2)c1O. The van der Waals surface area contributed by atoms with Gasteiger partial charge in [0.1, 0.15) is 17.1 Å². The summed E-state index contributed by atoms with van der Waals surface area (Å²) in [6, 6.07) is 8.80. The Hall–Kier alpha value is -3.95. The highest BCUT2D eigenvalue weighted by molar-refractivity contribution is 6.10. The summed E-state index contributed by atoms with van der Waals surface area (Å²) < 4.78 is 4.82. The molecule has 0 aliphatic rings. The molecule has 0 aliphatic carbocycles. The average Bonchev–Trinajstić information content (AvgIpc) is 3.18. The smallest absolute Gasteiger partial charge is 0.342 e. The number of H-pyrrole nitrogens is 1. The molecule has 10 nitrogen and oxygen atoms in total. The number of aromatic amines is 1. The summed E-state index contributed by atoms with van der Waals surface area (Å²) in [6.45, 7) is 1.68. The fourth-order valence-electron chi connectivity index (χ4n) is 2.42. The lowest BCUT2D eigenvalue weighted by Gasteiger charge is -2.12. The number of ether oxygens (including phenoxy) is 1. The minimum Gasteiger partial charge on any atom is -0.508 e. The number of anilines is 1. The number of benzene rings is 2. The first-order valence-corrected chi connectivity index (χ1v) is 7.88. The molecule has 0 spiro atoms. The van der Waals surface area contributed by atoms with Crippen molar-refractivity contribution in [1.82, 2.24) is 20.6 Å². The molecule has 4 N–H and O–H groups in total. The van der Waals surface area contributed by atoms with E-state index >= 15 is 0 Å². The Balaban J connectivity index is 1.95. The number of amides is 1. The van der Waals surface area contributed by atoms with Crippen molar-refractivity contribution < 1.29 is 24.5 Å². The standard InChI is InChI=1S/C17H15N5O5/c1-2-27-17(26)12-8-9(23)7-11(14(12)24)16(25)18-13-6-4-3-5-10(13)15-19-21-22-20-15/h3-8,23-24H,2H2,1H3,(H,18,25)(H,19,20,21,22). The summed E-state index contributed by atoms with van der Waals surface area (Å²) in [5.74, 6) is -2.23. The number of nitrogens with one attached hydrogen (secondary N) is 2. The van der Waals surface area contributed by atoms with Gasteiger partial charge in [-0.15, -0.1) is 5.10 Å². The lowest BCUT2D eigenvalue weighted by molar-refractivity contribution is 0.0522. The zero-order valence-electron chi connectivity index (χ0n) is 14.1. The normalized spacial score (nSPS) is 10.4. The molecule has 0 unspecified atom stereocenters. The maximum Gasteiger partial charge on any atom is 0.342 e. The third kappa shape index (κ3) is 3.68. The molecule has 0 saturated carbocycles. The van der Waals surface area contributed by atoms with Crippen molar-refractivity contribution >= 4 is 17.6 Å². The minimum atomic E-state index is -0.854. The van der Waals surface area contributed by atoms with Gasteiger partial charge < -0.3 is 20.3 Å². The molecule has 10 heteroatoms. The summed E-state index contributed by atoms with van der Waals surface area (Å²) in [4.78, 5) is 24.6. The Morgan fingerprint density at radius 2 is 1.93 bits per heavy atom. The van der Waals surface area contributed by atoms with Crippen LogP contribution in [0, 0.1) is 0 Å². The molecule has 1 amide bonds. The van der Waals surface area contributed by atoms with Crippen LogP contribution in [0.3, 0.4) is 0 Å². The van der Waals surface area contributed by atoms with Crippen molar-refractivity contribution in [3.05, 3.63) is 47.5 Å². The number of para-hydroxylation sites is 1. The Kier molecular flexibility index (Phi) is 4.97. The van der Waals surface area contributed by atoms with Gasteiger partial charge in [-0.3, -0.25) is 4.79 Å². The molecular formula is C17H15N5O5. The highest BCUT2D eigenvalue weighted by Crippen LogP contribution is 2.30. The van der Waals surface area contributed by atoms with Crippen molar-refractivity contribution in [3.8, 4) is 22.9 Å². The van der Waals surface area contributed by atoms with Gasteiger partial charge in [0, 0.05) is 5.56 Å². The second-order valence-corrected chi connectivity index (χ2v) is 5.36. The third-order valence-electron chi connectivity index (χ3n) is 3.61. The van der Waals surface area contributed by atoms with E-state index in [1.165, 1.54) is 0 Å². The lowest BCUT2D eigenvalue weighted by Crippen LogP contribution is -2.15. The summed E-state index contributed by atoms with van der Waals surface area (Å²) >= 11 is 0. The molecule has 138 valence electrons. The van der Waals surface area contributed by atoms with E-state index in [0.29, 0.717) is 17.1 Å². The molecule has 0 radical (unpaired) electrons. The fraction of sp³-hybridized carbons (Fsp3) is 0.118. The summed E-state index contributed by atoms with van der Waals surface area (Å²) in [7, 11) is 0. The third-order valence-corrected chi connectivity index (χ3v) is 3.61. The van der Waals surface area contributed by atoms with E-state index in [1.54, 1.807) is 31.2 Å². The number of carbonyl (C=O) groups is 2. The Bertz CT molecular complexity index is 987. The van der Waals surface area contributed by atoms with Gasteiger partial charge in [0.15, 0.2) is 5.82 Å². The van der Waals surface area contributed by atoms with Gasteiger partial charge in [-0.25, -0.2) is 9.89 Å². The molecule has 3 aromatic rings. The van der Waals surface area contributed by atoms with Crippen LogP contribution in [-0.4, -0.2) is 49.3 Å². The van der Waals surface area contributed by atoms with Crippen LogP contribution in [0.5, 0.6) is 11.5 Å². The number of tetrazole rings is 1. The lowest BCUT2D eigenvalue weighted by atomic mass is 10.1. The largest absolute Gasteiger partial charge is 0.508 e. The van der Waals surface area contributed by atoms with Crippen LogP contribution in [0.2, 0.25) is 0 Å². The molecule has 0 bridgehead atoms. The Labute approximate surface area is 152 Å². The van der Waals surface area contributed by atoms with E-state index in [0.717, 1.165) is 12.1 Å². The first kappa shape index (κ1) is 17.9. The van der Waals surface area contributed by atoms with Crippen molar-refractivity contribution in [1.29, 1.82) is 0 Å². The highest BCUT2D eigenvalue weighted by Gasteiger charge is 2.22. The number of hydrogen-bond acceptors (Lipinski definition) is 8. The Morgan fingerprint density at radius 1 is 1.19 bits per heavy atom. The highest BCUT2D eigenvalue weighted by atomic mass is 16.5. The van der Waals surface area contributed by atoms with Gasteiger partial charge in [-0.1, -0.05) is 12.1 Å². The van der Waals surface area contributed by atoms with E-state index in [-0.39, 0.29) is 23.5 Å². The number of phenols is 2. The van der Waals surface area contributed by atoms with Crippen molar-refractivity contribution in [2.45, 2.75) is 6.92 Å². The molecule has 3 rings (SSSR count). The van der Waals surface area contributed by atoms with Crippen molar-refractivity contribution in [2.24, 2.45) is 0 Å². The fourth-order valence-corrected chi connectivity index (χ4v) is 2.42. The molecule has 0 fully saturated rings. The number of esters is 1. The van der Waals surface area contributed by atoms with Gasteiger partial charge in [0.25, 0.3) is 5.91 Å². The second kappa shape index (κ2) is 7.52. The zero-order chi connectivity index (χ0) is 19.4. The van der Waals surface area contributed by atoms with E-state index in [1.807, 2.05) is 0 Å². The molecular weight excluding hydrogens is 354 g/mol. The number of carbonyl (C=O) groups excluding carboxylic acids is 2. The van der Waals surface area contributed by atoms with Crippen LogP contribution in [0.1, 0.15) is 27.6 Å². The van der Waals surface area contributed by atoms with Crippen molar-refractivity contribution in [2.75, 3.05) is 11.9 Å². The summed E-state index contributed by atoms with van der Waals surface area (Å²) in [5, 5.41) is 36.1. The zero-order valence-corrected chi connectivity index (χ0v) is 14.1. The molecule has 0 saturated heterocycles. The monoisotopic (exact) mass is 369 g/mol. The molecule has 27 heavy (non-hydrogen) atoms. The summed E-state index contributed by atoms with van der Waals surface area (Å²) in [5.41, 5.74) is 0.279. The first-order valence-electron chi connectivity index (χ1n) is 7.88. The van der Waals surface area contributed by atoms with Gasteiger partial charge in [0.05, 0.1) is 17.9 Å². The van der Waals surface area contributed by atoms with Gasteiger partial charge in [0.2, 0.25) is 0 Å². The first-order chi connectivity index (χ1) is 13.0. The second-order valence-electron chi connectivity index (χ2n) is 5.36.